The minimum Gasteiger partial charge on any atom is -0.341 e. The van der Waals surface area contributed by atoms with Gasteiger partial charge in [-0.05, 0) is 18.9 Å². The van der Waals surface area contributed by atoms with Gasteiger partial charge in [0.25, 0.3) is 5.92 Å². The van der Waals surface area contributed by atoms with E-state index in [2.05, 4.69) is 10.4 Å². The molecule has 0 spiro atoms. The fourth-order valence-electron chi connectivity index (χ4n) is 3.15. The number of likely N-dealkylation sites (tertiary alicyclic amines) is 1. The van der Waals surface area contributed by atoms with Gasteiger partial charge in [-0.1, -0.05) is 0 Å². The molecule has 1 unspecified atom stereocenters. The van der Waals surface area contributed by atoms with Crippen molar-refractivity contribution >= 4 is 18.3 Å². The summed E-state index contributed by atoms with van der Waals surface area (Å²) in [6.45, 7) is 0.121. The van der Waals surface area contributed by atoms with Crippen LogP contribution in [0.4, 0.5) is 22.0 Å². The largest absolute Gasteiger partial charge is 0.435 e. The summed E-state index contributed by atoms with van der Waals surface area (Å²) in [4.78, 5) is 13.7. The second-order valence-corrected chi connectivity index (χ2v) is 6.23. The molecule has 0 radical (unpaired) electrons. The zero-order chi connectivity index (χ0) is 17.5. The van der Waals surface area contributed by atoms with Crippen LogP contribution in [0.15, 0.2) is 12.3 Å². The average molecular weight is 389 g/mol. The highest BCUT2D eigenvalue weighted by atomic mass is 35.5. The lowest BCUT2D eigenvalue weighted by atomic mass is 10.0. The molecule has 25 heavy (non-hydrogen) atoms. The lowest BCUT2D eigenvalue weighted by molar-refractivity contribution is -0.141. The van der Waals surface area contributed by atoms with Gasteiger partial charge in [-0.3, -0.25) is 14.8 Å². The Balaban J connectivity index is 0.00000225. The zero-order valence-corrected chi connectivity index (χ0v) is 13.9. The maximum Gasteiger partial charge on any atom is 0.435 e. The molecule has 2 aliphatic rings. The highest BCUT2D eigenvalue weighted by molar-refractivity contribution is 5.85. The molecular formula is C14H18ClF5N4O. The number of piperidine rings is 1. The van der Waals surface area contributed by atoms with Crippen molar-refractivity contribution in [3.05, 3.63) is 18.0 Å². The molecule has 0 saturated carbocycles. The van der Waals surface area contributed by atoms with E-state index in [0.29, 0.717) is 25.9 Å². The zero-order valence-electron chi connectivity index (χ0n) is 13.1. The quantitative estimate of drug-likeness (QED) is 0.792. The number of alkyl halides is 5. The first-order valence-corrected chi connectivity index (χ1v) is 7.68. The molecule has 3 heterocycles. The number of hydrogen-bond donors (Lipinski definition) is 1. The van der Waals surface area contributed by atoms with Crippen molar-refractivity contribution in [2.24, 2.45) is 0 Å². The van der Waals surface area contributed by atoms with E-state index in [1.807, 2.05) is 0 Å². The fourth-order valence-corrected chi connectivity index (χ4v) is 3.15. The fraction of sp³-hybridized carbons (Fsp3) is 0.714. The van der Waals surface area contributed by atoms with Crippen LogP contribution in [0.1, 0.15) is 31.0 Å². The van der Waals surface area contributed by atoms with Crippen molar-refractivity contribution in [3.63, 3.8) is 0 Å². The van der Waals surface area contributed by atoms with Crippen LogP contribution in [-0.4, -0.2) is 52.2 Å². The Labute approximate surface area is 146 Å². The summed E-state index contributed by atoms with van der Waals surface area (Å²) >= 11 is 0. The normalized spacial score (nSPS) is 24.2. The molecule has 0 bridgehead atoms. The van der Waals surface area contributed by atoms with E-state index < -0.39 is 36.8 Å². The summed E-state index contributed by atoms with van der Waals surface area (Å²) < 4.78 is 65.3. The van der Waals surface area contributed by atoms with Gasteiger partial charge in [0.15, 0.2) is 5.69 Å². The van der Waals surface area contributed by atoms with Gasteiger partial charge in [0.2, 0.25) is 5.91 Å². The number of carbonyl (C=O) groups is 1. The van der Waals surface area contributed by atoms with E-state index in [1.54, 1.807) is 0 Å². The van der Waals surface area contributed by atoms with Gasteiger partial charge in [-0.25, -0.2) is 8.78 Å². The van der Waals surface area contributed by atoms with Crippen LogP contribution in [0.5, 0.6) is 0 Å². The molecule has 142 valence electrons. The third-order valence-corrected chi connectivity index (χ3v) is 4.46. The number of nitrogens with one attached hydrogen (secondary N) is 1. The molecule has 1 aromatic heterocycles. The van der Waals surface area contributed by atoms with Crippen LogP contribution in [0, 0.1) is 0 Å². The Kier molecular flexibility index (Phi) is 5.62. The van der Waals surface area contributed by atoms with Crippen molar-refractivity contribution in [3.8, 4) is 0 Å². The topological polar surface area (TPSA) is 50.2 Å². The lowest BCUT2D eigenvalue weighted by Gasteiger charge is -2.33. The van der Waals surface area contributed by atoms with Gasteiger partial charge in [-0.2, -0.15) is 18.3 Å². The molecule has 1 atom stereocenters. The van der Waals surface area contributed by atoms with E-state index in [4.69, 9.17) is 0 Å². The van der Waals surface area contributed by atoms with Crippen LogP contribution in [0.2, 0.25) is 0 Å². The second kappa shape index (κ2) is 7.06. The molecule has 3 rings (SSSR count). The van der Waals surface area contributed by atoms with Gasteiger partial charge >= 0.3 is 6.18 Å². The number of carbonyl (C=O) groups excluding carboxylic acids is 1. The number of amides is 1. The Morgan fingerprint density at radius 3 is 2.40 bits per heavy atom. The highest BCUT2D eigenvalue weighted by Gasteiger charge is 2.44. The highest BCUT2D eigenvalue weighted by Crippen LogP contribution is 2.30. The minimum atomic E-state index is -4.48. The Morgan fingerprint density at radius 2 is 1.92 bits per heavy atom. The maximum atomic E-state index is 13.2. The van der Waals surface area contributed by atoms with Gasteiger partial charge in [0, 0.05) is 25.7 Å². The molecule has 2 fully saturated rings. The van der Waals surface area contributed by atoms with Gasteiger partial charge in [0.1, 0.15) is 0 Å². The number of nitrogens with zero attached hydrogens (tertiary/aromatic N) is 3. The summed E-state index contributed by atoms with van der Waals surface area (Å²) in [5, 5.41) is 6.07. The van der Waals surface area contributed by atoms with Crippen molar-refractivity contribution in [2.75, 3.05) is 19.6 Å². The monoisotopic (exact) mass is 388 g/mol. The number of hydrogen-bond acceptors (Lipinski definition) is 3. The molecule has 1 amide bonds. The summed E-state index contributed by atoms with van der Waals surface area (Å²) in [6.07, 6.45) is -2.84. The van der Waals surface area contributed by atoms with Gasteiger partial charge in [0.05, 0.1) is 18.6 Å². The Morgan fingerprint density at radius 1 is 1.28 bits per heavy atom. The smallest absolute Gasteiger partial charge is 0.341 e. The first-order chi connectivity index (χ1) is 11.2. The molecule has 0 aliphatic carbocycles. The predicted octanol–water partition coefficient (Wildman–Crippen LogP) is 2.48. The third kappa shape index (κ3) is 4.41. The van der Waals surface area contributed by atoms with Crippen LogP contribution < -0.4 is 5.32 Å². The summed E-state index contributed by atoms with van der Waals surface area (Å²) in [7, 11) is 0. The maximum absolute atomic E-state index is 13.2. The van der Waals surface area contributed by atoms with Crippen molar-refractivity contribution in [1.29, 1.82) is 0 Å². The third-order valence-electron chi connectivity index (χ3n) is 4.46. The van der Waals surface area contributed by atoms with E-state index in [1.165, 1.54) is 15.8 Å². The summed E-state index contributed by atoms with van der Waals surface area (Å²) in [5.74, 6) is -3.25. The molecule has 1 N–H and O–H groups in total. The lowest BCUT2D eigenvalue weighted by Crippen LogP contribution is -2.47. The van der Waals surface area contributed by atoms with E-state index in [0.717, 1.165) is 6.07 Å². The van der Waals surface area contributed by atoms with Crippen molar-refractivity contribution in [1.82, 2.24) is 20.0 Å². The summed E-state index contributed by atoms with van der Waals surface area (Å²) in [5.41, 5.74) is -0.946. The number of rotatable bonds is 2. The standard InChI is InChI=1S/C14H17F5N4O.ClH/c15-13(16)7-10(20-8-13)12(24)22-4-1-9(2-5-22)23-6-3-11(21-23)14(17,18)19;/h3,6,9-10,20H,1-2,4-5,7-8H2;1H. The first-order valence-electron chi connectivity index (χ1n) is 7.68. The van der Waals surface area contributed by atoms with Crippen molar-refractivity contribution in [2.45, 2.75) is 43.4 Å². The van der Waals surface area contributed by atoms with E-state index >= 15 is 0 Å². The molecule has 2 saturated heterocycles. The SMILES string of the molecule is Cl.O=C(C1CC(F)(F)CN1)N1CCC(n2ccc(C(F)(F)F)n2)CC1. The Bertz CT molecular complexity index is 613. The van der Waals surface area contributed by atoms with Gasteiger partial charge < -0.3 is 4.90 Å². The van der Waals surface area contributed by atoms with E-state index in [9.17, 15) is 26.7 Å². The van der Waals surface area contributed by atoms with Crippen LogP contribution in [0.25, 0.3) is 0 Å². The molecule has 2 aliphatic heterocycles. The second-order valence-electron chi connectivity index (χ2n) is 6.23. The van der Waals surface area contributed by atoms with Crippen LogP contribution in [0.3, 0.4) is 0 Å². The van der Waals surface area contributed by atoms with Gasteiger partial charge in [-0.15, -0.1) is 12.4 Å². The molecular weight excluding hydrogens is 371 g/mol. The van der Waals surface area contributed by atoms with Crippen LogP contribution >= 0.6 is 12.4 Å². The van der Waals surface area contributed by atoms with Crippen LogP contribution in [-0.2, 0) is 11.0 Å². The predicted molar refractivity (Wildman–Crippen MR) is 80.7 cm³/mol. The minimum absolute atomic E-state index is 0. The molecule has 11 heteroatoms. The van der Waals surface area contributed by atoms with Crippen molar-refractivity contribution < 1.29 is 26.7 Å². The average Bonchev–Trinajstić information content (AvgIpc) is 3.13. The Hall–Kier alpha value is -1.42. The molecule has 5 nitrogen and oxygen atoms in total. The number of aromatic nitrogens is 2. The molecule has 1 aromatic rings. The summed E-state index contributed by atoms with van der Waals surface area (Å²) in [6, 6.07) is -0.205. The number of halogens is 6. The molecule has 0 aromatic carbocycles. The first kappa shape index (κ1) is 19.9. The van der Waals surface area contributed by atoms with E-state index in [-0.39, 0.29) is 24.4 Å².